The van der Waals surface area contributed by atoms with Crippen molar-refractivity contribution in [1.82, 2.24) is 4.57 Å². The summed E-state index contributed by atoms with van der Waals surface area (Å²) in [6, 6.07) is 4.41. The Hall–Kier alpha value is -1.65. The summed E-state index contributed by atoms with van der Waals surface area (Å²) in [5, 5.41) is 10.4. The van der Waals surface area contributed by atoms with Crippen LogP contribution in [0.5, 0.6) is 0 Å². The van der Waals surface area contributed by atoms with Gasteiger partial charge in [0.2, 0.25) is 6.33 Å². The van der Waals surface area contributed by atoms with Crippen LogP contribution in [0.25, 0.3) is 11.0 Å². The average Bonchev–Trinajstić information content (AvgIpc) is 2.84. The van der Waals surface area contributed by atoms with Crippen LogP contribution in [0, 0.1) is 19.8 Å². The summed E-state index contributed by atoms with van der Waals surface area (Å²) in [4.78, 5) is 0. The Labute approximate surface area is 144 Å². The zero-order chi connectivity index (χ0) is 17.1. The average molecular weight is 329 g/mol. The molecule has 0 unspecified atom stereocenters. The van der Waals surface area contributed by atoms with Gasteiger partial charge in [0, 0.05) is 6.61 Å². The van der Waals surface area contributed by atoms with Crippen LogP contribution >= 0.6 is 0 Å². The number of allylic oxidation sites excluding steroid dienone is 2. The van der Waals surface area contributed by atoms with Crippen LogP contribution in [-0.2, 0) is 18.3 Å². The van der Waals surface area contributed by atoms with Crippen molar-refractivity contribution in [2.45, 2.75) is 45.8 Å². The van der Waals surface area contributed by atoms with Gasteiger partial charge in [-0.1, -0.05) is 12.2 Å². The fraction of sp³-hybridized carbons (Fsp3) is 0.550. The van der Waals surface area contributed by atoms with Crippen molar-refractivity contribution >= 4 is 11.0 Å². The molecule has 0 saturated heterocycles. The van der Waals surface area contributed by atoms with Gasteiger partial charge in [0.05, 0.1) is 13.7 Å². The summed E-state index contributed by atoms with van der Waals surface area (Å²) >= 11 is 0. The maximum Gasteiger partial charge on any atom is 0.244 e. The topological polar surface area (TPSA) is 38.3 Å². The van der Waals surface area contributed by atoms with E-state index in [0.29, 0.717) is 19.1 Å². The highest BCUT2D eigenvalue weighted by Gasteiger charge is 2.18. The number of nitrogens with zero attached hydrogens (tertiary/aromatic N) is 2. The molecule has 4 nitrogen and oxygen atoms in total. The fourth-order valence-electron chi connectivity index (χ4n) is 3.44. The second-order valence-corrected chi connectivity index (χ2v) is 7.15. The number of hydrogen-bond acceptors (Lipinski definition) is 2. The molecular weight excluding hydrogens is 300 g/mol. The highest BCUT2D eigenvalue weighted by atomic mass is 16.5. The van der Waals surface area contributed by atoms with Crippen LogP contribution in [0.1, 0.15) is 30.4 Å². The quantitative estimate of drug-likeness (QED) is 0.654. The maximum atomic E-state index is 10.4. The van der Waals surface area contributed by atoms with Crippen molar-refractivity contribution in [1.29, 1.82) is 0 Å². The minimum absolute atomic E-state index is 0.397. The summed E-state index contributed by atoms with van der Waals surface area (Å²) in [6.45, 7) is 5.97. The predicted octanol–water partition coefficient (Wildman–Crippen LogP) is 2.82. The molecule has 1 aromatic heterocycles. The van der Waals surface area contributed by atoms with Gasteiger partial charge in [-0.25, -0.2) is 9.13 Å². The van der Waals surface area contributed by atoms with Crippen LogP contribution < -0.4 is 4.57 Å². The Bertz CT molecular complexity index is 733. The van der Waals surface area contributed by atoms with E-state index in [9.17, 15) is 5.11 Å². The third-order valence-electron chi connectivity index (χ3n) is 5.04. The molecule has 1 heterocycles. The van der Waals surface area contributed by atoms with Gasteiger partial charge in [0.25, 0.3) is 0 Å². The number of imidazole rings is 1. The van der Waals surface area contributed by atoms with Crippen molar-refractivity contribution in [3.63, 3.8) is 0 Å². The molecule has 0 spiro atoms. The van der Waals surface area contributed by atoms with E-state index in [4.69, 9.17) is 4.74 Å². The van der Waals surface area contributed by atoms with Crippen molar-refractivity contribution in [3.05, 3.63) is 41.7 Å². The Morgan fingerprint density at radius 2 is 2.08 bits per heavy atom. The third-order valence-corrected chi connectivity index (χ3v) is 5.04. The standard InChI is InChI=1S/C20H29N2O2/c1-15-9-19-20(10-16(15)2)22(14-21(19)3)11-18(23)13-24-12-17-7-5-4-6-8-17/h4-5,9-10,14,17-18,23H,6-8,11-13H2,1-3H3/q+1/t17-,18+/m1/s1. The number of aryl methyl sites for hydroxylation is 3. The van der Waals surface area contributed by atoms with Crippen LogP contribution in [0.15, 0.2) is 30.6 Å². The zero-order valence-electron chi connectivity index (χ0n) is 15.0. The largest absolute Gasteiger partial charge is 0.387 e. The number of fused-ring (bicyclic) bond motifs is 1. The second kappa shape index (κ2) is 7.49. The molecule has 4 heteroatoms. The van der Waals surface area contributed by atoms with E-state index in [-0.39, 0.29) is 0 Å². The van der Waals surface area contributed by atoms with Gasteiger partial charge in [-0.05, 0) is 62.3 Å². The first-order chi connectivity index (χ1) is 11.5. The molecule has 130 valence electrons. The van der Waals surface area contributed by atoms with Crippen molar-refractivity contribution in [2.75, 3.05) is 13.2 Å². The molecule has 0 bridgehead atoms. The lowest BCUT2D eigenvalue weighted by atomic mass is 9.95. The zero-order valence-corrected chi connectivity index (χ0v) is 15.0. The minimum Gasteiger partial charge on any atom is -0.387 e. The van der Waals surface area contributed by atoms with Crippen LogP contribution in [0.2, 0.25) is 0 Å². The SMILES string of the molecule is Cc1cc2c(cc1C)[n+](C)cn2C[C@H](O)COC[C@@H]1CC=CCC1. The third kappa shape index (κ3) is 3.87. The van der Waals surface area contributed by atoms with Gasteiger partial charge < -0.3 is 9.84 Å². The van der Waals surface area contributed by atoms with Gasteiger partial charge in [0.1, 0.15) is 12.6 Å². The first-order valence-electron chi connectivity index (χ1n) is 8.91. The minimum atomic E-state index is -0.485. The van der Waals surface area contributed by atoms with Gasteiger partial charge in [-0.2, -0.15) is 0 Å². The van der Waals surface area contributed by atoms with E-state index < -0.39 is 6.10 Å². The number of aliphatic hydroxyl groups is 1. The molecule has 24 heavy (non-hydrogen) atoms. The van der Waals surface area contributed by atoms with E-state index in [2.05, 4.69) is 53.6 Å². The molecule has 1 aliphatic rings. The van der Waals surface area contributed by atoms with E-state index in [0.717, 1.165) is 25.0 Å². The van der Waals surface area contributed by atoms with Crippen molar-refractivity contribution < 1.29 is 14.4 Å². The molecule has 0 saturated carbocycles. The number of rotatable bonds is 6. The molecular formula is C20H29N2O2+. The summed E-state index contributed by atoms with van der Waals surface area (Å²) < 4.78 is 10.0. The molecule has 1 aliphatic carbocycles. The van der Waals surface area contributed by atoms with Crippen molar-refractivity contribution in [2.24, 2.45) is 13.0 Å². The molecule has 1 N–H and O–H groups in total. The van der Waals surface area contributed by atoms with Crippen LogP contribution in [-0.4, -0.2) is 29.0 Å². The van der Waals surface area contributed by atoms with E-state index in [1.165, 1.54) is 23.1 Å². The molecule has 0 amide bonds. The number of ether oxygens (including phenoxy) is 1. The number of benzene rings is 1. The lowest BCUT2D eigenvalue weighted by molar-refractivity contribution is -0.645. The monoisotopic (exact) mass is 329 g/mol. The lowest BCUT2D eigenvalue weighted by Crippen LogP contribution is -2.27. The predicted molar refractivity (Wildman–Crippen MR) is 95.9 cm³/mol. The Balaban J connectivity index is 1.60. The molecule has 3 rings (SSSR count). The van der Waals surface area contributed by atoms with Gasteiger partial charge in [0.15, 0.2) is 11.0 Å². The molecule has 1 aromatic carbocycles. The highest BCUT2D eigenvalue weighted by molar-refractivity contribution is 5.74. The van der Waals surface area contributed by atoms with Crippen molar-refractivity contribution in [3.8, 4) is 0 Å². The molecule has 0 radical (unpaired) electrons. The number of hydrogen-bond donors (Lipinski definition) is 1. The summed E-state index contributed by atoms with van der Waals surface area (Å²) in [5.74, 6) is 0.609. The first kappa shape index (κ1) is 17.2. The van der Waals surface area contributed by atoms with Gasteiger partial charge in [-0.3, -0.25) is 0 Å². The van der Waals surface area contributed by atoms with Crippen LogP contribution in [0.3, 0.4) is 0 Å². The molecule has 0 fully saturated rings. The Morgan fingerprint density at radius 1 is 1.29 bits per heavy atom. The highest BCUT2D eigenvalue weighted by Crippen LogP contribution is 2.19. The second-order valence-electron chi connectivity index (χ2n) is 7.15. The fourth-order valence-corrected chi connectivity index (χ4v) is 3.44. The Kier molecular flexibility index (Phi) is 5.36. The van der Waals surface area contributed by atoms with Gasteiger partial charge >= 0.3 is 0 Å². The lowest BCUT2D eigenvalue weighted by Gasteiger charge is -2.18. The Morgan fingerprint density at radius 3 is 2.83 bits per heavy atom. The molecule has 0 aliphatic heterocycles. The smallest absolute Gasteiger partial charge is 0.244 e. The number of aliphatic hydroxyl groups excluding tert-OH is 1. The van der Waals surface area contributed by atoms with E-state index in [1.807, 2.05) is 7.05 Å². The maximum absolute atomic E-state index is 10.4. The first-order valence-corrected chi connectivity index (χ1v) is 8.91. The molecule has 2 atom stereocenters. The molecule has 2 aromatic rings. The van der Waals surface area contributed by atoms with Gasteiger partial charge in [-0.15, -0.1) is 0 Å². The van der Waals surface area contributed by atoms with E-state index in [1.54, 1.807) is 0 Å². The normalized spacial score (nSPS) is 19.1. The number of aromatic nitrogens is 2. The van der Waals surface area contributed by atoms with E-state index >= 15 is 0 Å². The summed E-state index contributed by atoms with van der Waals surface area (Å²) in [5.41, 5.74) is 4.93. The van der Waals surface area contributed by atoms with Crippen LogP contribution in [0.4, 0.5) is 0 Å². The summed E-state index contributed by atoms with van der Waals surface area (Å²) in [6.07, 6.45) is 9.51. The summed E-state index contributed by atoms with van der Waals surface area (Å²) in [7, 11) is 2.05.